The summed E-state index contributed by atoms with van der Waals surface area (Å²) in [5, 5.41) is 0. The van der Waals surface area contributed by atoms with Crippen molar-refractivity contribution in [1.82, 2.24) is 0 Å². The van der Waals surface area contributed by atoms with Gasteiger partial charge in [-0.2, -0.15) is 0 Å². The summed E-state index contributed by atoms with van der Waals surface area (Å²) in [6.45, 7) is 4.50. The lowest BCUT2D eigenvalue weighted by Gasteiger charge is -2.05. The Morgan fingerprint density at radius 1 is 0.875 bits per heavy atom. The highest BCUT2D eigenvalue weighted by Crippen LogP contribution is 2.35. The molecular formula is C12H27O3P. The van der Waals surface area contributed by atoms with E-state index in [9.17, 15) is 4.57 Å². The van der Waals surface area contributed by atoms with Crippen molar-refractivity contribution in [3.05, 3.63) is 0 Å². The quantitative estimate of drug-likeness (QED) is 0.456. The summed E-state index contributed by atoms with van der Waals surface area (Å²) in [4.78, 5) is 17.3. The molecule has 3 nitrogen and oxygen atoms in total. The number of rotatable bonds is 10. The van der Waals surface area contributed by atoms with E-state index >= 15 is 0 Å². The van der Waals surface area contributed by atoms with Crippen LogP contribution in [0.15, 0.2) is 0 Å². The Morgan fingerprint density at radius 3 is 1.75 bits per heavy atom. The van der Waals surface area contributed by atoms with Crippen molar-refractivity contribution in [3.63, 3.8) is 0 Å². The molecule has 0 bridgehead atoms. The van der Waals surface area contributed by atoms with E-state index in [0.717, 1.165) is 18.8 Å². The maximum atomic E-state index is 10.6. The molecule has 0 fully saturated rings. The number of hydrogen-bond acceptors (Lipinski definition) is 1. The van der Waals surface area contributed by atoms with E-state index < -0.39 is 7.60 Å². The number of hydrogen-bond donors (Lipinski definition) is 2. The van der Waals surface area contributed by atoms with Gasteiger partial charge in [0.25, 0.3) is 0 Å². The maximum absolute atomic E-state index is 10.6. The molecule has 0 heterocycles. The molecule has 0 radical (unpaired) electrons. The summed E-state index contributed by atoms with van der Waals surface area (Å²) < 4.78 is 10.6. The molecule has 4 heteroatoms. The molecule has 2 N–H and O–H groups in total. The smallest absolute Gasteiger partial charge is 0.324 e. The Kier molecular flexibility index (Phi) is 9.29. The highest BCUT2D eigenvalue weighted by molar-refractivity contribution is 7.51. The highest BCUT2D eigenvalue weighted by atomic mass is 31.2. The Hall–Kier alpha value is 0.150. The van der Waals surface area contributed by atoms with Crippen LogP contribution >= 0.6 is 7.60 Å². The average Bonchev–Trinajstić information content (AvgIpc) is 2.13. The van der Waals surface area contributed by atoms with Gasteiger partial charge in [-0.3, -0.25) is 4.57 Å². The highest BCUT2D eigenvalue weighted by Gasteiger charge is 2.10. The first-order valence-electron chi connectivity index (χ1n) is 6.46. The van der Waals surface area contributed by atoms with Crippen LogP contribution in [0, 0.1) is 5.92 Å². The molecule has 0 saturated carbocycles. The molecule has 98 valence electrons. The van der Waals surface area contributed by atoms with E-state index in [4.69, 9.17) is 9.79 Å². The zero-order valence-corrected chi connectivity index (χ0v) is 11.6. The predicted octanol–water partition coefficient (Wildman–Crippen LogP) is 3.94. The molecule has 0 atom stereocenters. The van der Waals surface area contributed by atoms with Gasteiger partial charge in [-0.1, -0.05) is 58.8 Å². The third-order valence-corrected chi connectivity index (χ3v) is 3.63. The van der Waals surface area contributed by atoms with Gasteiger partial charge in [0.15, 0.2) is 0 Å². The van der Waals surface area contributed by atoms with Gasteiger partial charge < -0.3 is 9.79 Å². The molecule has 0 spiro atoms. The van der Waals surface area contributed by atoms with Crippen LogP contribution in [-0.2, 0) is 4.57 Å². The summed E-state index contributed by atoms with van der Waals surface area (Å²) >= 11 is 0. The first-order chi connectivity index (χ1) is 7.42. The largest absolute Gasteiger partial charge is 0.325 e. The third kappa shape index (κ3) is 14.1. The van der Waals surface area contributed by atoms with Crippen LogP contribution in [0.5, 0.6) is 0 Å². The molecule has 16 heavy (non-hydrogen) atoms. The van der Waals surface area contributed by atoms with E-state index in [-0.39, 0.29) is 6.16 Å². The van der Waals surface area contributed by atoms with Crippen LogP contribution in [0.2, 0.25) is 0 Å². The normalized spacial score (nSPS) is 12.3. The van der Waals surface area contributed by atoms with E-state index in [1.54, 1.807) is 0 Å². The van der Waals surface area contributed by atoms with Gasteiger partial charge in [0, 0.05) is 6.16 Å². The molecule has 0 aliphatic rings. The molecule has 0 aromatic carbocycles. The van der Waals surface area contributed by atoms with Gasteiger partial charge in [0.1, 0.15) is 0 Å². The molecule has 0 amide bonds. The monoisotopic (exact) mass is 250 g/mol. The lowest BCUT2D eigenvalue weighted by Crippen LogP contribution is -1.89. The van der Waals surface area contributed by atoms with E-state index in [0.29, 0.717) is 6.42 Å². The molecule has 0 aliphatic heterocycles. The van der Waals surface area contributed by atoms with Crippen LogP contribution in [-0.4, -0.2) is 15.9 Å². The van der Waals surface area contributed by atoms with Crippen LogP contribution in [0.1, 0.15) is 65.2 Å². The molecule has 0 aliphatic carbocycles. The van der Waals surface area contributed by atoms with E-state index in [1.807, 2.05) is 0 Å². The fourth-order valence-electron chi connectivity index (χ4n) is 1.75. The topological polar surface area (TPSA) is 57.5 Å². The van der Waals surface area contributed by atoms with Gasteiger partial charge in [-0.05, 0) is 12.3 Å². The third-order valence-electron chi connectivity index (χ3n) is 2.73. The zero-order chi connectivity index (χ0) is 12.4. The fourth-order valence-corrected chi connectivity index (χ4v) is 2.39. The summed E-state index contributed by atoms with van der Waals surface area (Å²) in [6.07, 6.45) is 9.20. The van der Waals surface area contributed by atoms with Gasteiger partial charge in [-0.15, -0.1) is 0 Å². The van der Waals surface area contributed by atoms with Crippen LogP contribution in [0.3, 0.4) is 0 Å². The molecule has 0 unspecified atom stereocenters. The Balaban J connectivity index is 3.08. The Labute approximate surface area is 99.8 Å². The zero-order valence-electron chi connectivity index (χ0n) is 10.7. The van der Waals surface area contributed by atoms with Crippen LogP contribution in [0.4, 0.5) is 0 Å². The van der Waals surface area contributed by atoms with Gasteiger partial charge in [0.2, 0.25) is 0 Å². The van der Waals surface area contributed by atoms with Crippen molar-refractivity contribution in [1.29, 1.82) is 0 Å². The van der Waals surface area contributed by atoms with Crippen molar-refractivity contribution < 1.29 is 14.4 Å². The minimum Gasteiger partial charge on any atom is -0.324 e. The standard InChI is InChI=1S/C12H27O3P/c1-12(2)10-8-6-4-3-5-7-9-11-16(13,14)15/h12H,3-11H2,1-2H3,(H2,13,14,15). The second-order valence-electron chi connectivity index (χ2n) is 5.05. The lowest BCUT2D eigenvalue weighted by atomic mass is 10.0. The van der Waals surface area contributed by atoms with Gasteiger partial charge in [0.05, 0.1) is 0 Å². The fraction of sp³-hybridized carbons (Fsp3) is 1.00. The lowest BCUT2D eigenvalue weighted by molar-refractivity contribution is 0.370. The molecule has 0 rings (SSSR count). The number of unbranched alkanes of at least 4 members (excludes halogenated alkanes) is 6. The van der Waals surface area contributed by atoms with Gasteiger partial charge in [-0.25, -0.2) is 0 Å². The summed E-state index contributed by atoms with van der Waals surface area (Å²) in [5.74, 6) is 0.809. The molecule has 0 saturated heterocycles. The van der Waals surface area contributed by atoms with Crippen molar-refractivity contribution in [2.24, 2.45) is 5.92 Å². The second-order valence-corrected chi connectivity index (χ2v) is 6.82. The first kappa shape index (κ1) is 16.1. The van der Waals surface area contributed by atoms with E-state index in [1.165, 1.54) is 32.1 Å². The SMILES string of the molecule is CC(C)CCCCCCCCCP(=O)(O)O. The Morgan fingerprint density at radius 2 is 1.31 bits per heavy atom. The Bertz CT molecular complexity index is 198. The van der Waals surface area contributed by atoms with Crippen molar-refractivity contribution in [2.75, 3.05) is 6.16 Å². The molecule has 0 aromatic rings. The first-order valence-corrected chi connectivity index (χ1v) is 8.26. The van der Waals surface area contributed by atoms with Crippen LogP contribution in [0.25, 0.3) is 0 Å². The summed E-state index contributed by atoms with van der Waals surface area (Å²) in [5.41, 5.74) is 0. The maximum Gasteiger partial charge on any atom is 0.325 e. The average molecular weight is 250 g/mol. The minimum absolute atomic E-state index is 0.0559. The molecular weight excluding hydrogens is 223 g/mol. The van der Waals surface area contributed by atoms with Crippen molar-refractivity contribution in [3.8, 4) is 0 Å². The van der Waals surface area contributed by atoms with E-state index in [2.05, 4.69) is 13.8 Å². The minimum atomic E-state index is -3.74. The van der Waals surface area contributed by atoms with Crippen LogP contribution < -0.4 is 0 Å². The summed E-state index contributed by atoms with van der Waals surface area (Å²) in [7, 11) is -3.74. The van der Waals surface area contributed by atoms with Crippen molar-refractivity contribution in [2.45, 2.75) is 65.2 Å². The summed E-state index contributed by atoms with van der Waals surface area (Å²) in [6, 6.07) is 0. The second kappa shape index (κ2) is 9.21. The molecule has 0 aromatic heterocycles. The predicted molar refractivity (Wildman–Crippen MR) is 68.7 cm³/mol. The van der Waals surface area contributed by atoms with Gasteiger partial charge >= 0.3 is 7.60 Å². The van der Waals surface area contributed by atoms with Crippen molar-refractivity contribution >= 4 is 7.60 Å².